The molecule has 0 bridgehead atoms. The number of carbonyl (C=O) groups is 1. The highest BCUT2D eigenvalue weighted by Gasteiger charge is 2.23. The molecular weight excluding hydrogens is 264 g/mol. The molecule has 3 N–H and O–H groups in total. The molecule has 1 saturated carbocycles. The van der Waals surface area contributed by atoms with Crippen LogP contribution in [-0.2, 0) is 4.74 Å². The van der Waals surface area contributed by atoms with Crippen molar-refractivity contribution >= 4 is 17.3 Å². The molecule has 1 aliphatic carbocycles. The van der Waals surface area contributed by atoms with Gasteiger partial charge in [0.05, 0.1) is 12.7 Å². The Hall–Kier alpha value is -1.71. The maximum Gasteiger partial charge on any atom is 0.340 e. The van der Waals surface area contributed by atoms with E-state index in [2.05, 4.69) is 12.2 Å². The number of benzene rings is 1. The SMILES string of the molecule is CCC(Nc1ccc(N)cc1C(=O)OC)C1CCCCC1. The normalized spacial score (nSPS) is 17.2. The number of anilines is 2. The number of rotatable bonds is 5. The highest BCUT2D eigenvalue weighted by Crippen LogP contribution is 2.31. The first-order chi connectivity index (χ1) is 10.2. The molecule has 1 aromatic carbocycles. The van der Waals surface area contributed by atoms with Crippen molar-refractivity contribution in [1.82, 2.24) is 0 Å². The van der Waals surface area contributed by atoms with E-state index in [1.165, 1.54) is 39.2 Å². The van der Waals surface area contributed by atoms with Gasteiger partial charge in [-0.1, -0.05) is 26.2 Å². The van der Waals surface area contributed by atoms with E-state index in [-0.39, 0.29) is 5.97 Å². The zero-order valence-electron chi connectivity index (χ0n) is 13.0. The summed E-state index contributed by atoms with van der Waals surface area (Å²) in [6.07, 6.45) is 7.57. The first kappa shape index (κ1) is 15.7. The van der Waals surface area contributed by atoms with Gasteiger partial charge in [-0.3, -0.25) is 0 Å². The van der Waals surface area contributed by atoms with Gasteiger partial charge < -0.3 is 15.8 Å². The number of esters is 1. The fraction of sp³-hybridized carbons (Fsp3) is 0.588. The van der Waals surface area contributed by atoms with Crippen LogP contribution in [0.3, 0.4) is 0 Å². The van der Waals surface area contributed by atoms with Gasteiger partial charge in [0, 0.05) is 17.4 Å². The minimum absolute atomic E-state index is 0.344. The van der Waals surface area contributed by atoms with Crippen LogP contribution in [0, 0.1) is 5.92 Å². The fourth-order valence-corrected chi connectivity index (χ4v) is 3.26. The topological polar surface area (TPSA) is 64.3 Å². The third-order valence-electron chi connectivity index (χ3n) is 4.45. The molecule has 21 heavy (non-hydrogen) atoms. The lowest BCUT2D eigenvalue weighted by molar-refractivity contribution is 0.0601. The molecule has 0 heterocycles. The Balaban J connectivity index is 2.18. The standard InChI is InChI=1S/C17H26N2O2/c1-3-15(12-7-5-4-6-8-12)19-16-10-9-13(18)11-14(16)17(20)21-2/h9-12,15,19H,3-8,18H2,1-2H3. The monoisotopic (exact) mass is 290 g/mol. The van der Waals surface area contributed by atoms with Gasteiger partial charge in [-0.05, 0) is 43.4 Å². The number of nitrogens with two attached hydrogens (primary N) is 1. The molecule has 1 atom stereocenters. The van der Waals surface area contributed by atoms with Crippen LogP contribution in [0.25, 0.3) is 0 Å². The summed E-state index contributed by atoms with van der Waals surface area (Å²) in [6, 6.07) is 5.79. The largest absolute Gasteiger partial charge is 0.465 e. The average Bonchev–Trinajstić information content (AvgIpc) is 2.53. The summed E-state index contributed by atoms with van der Waals surface area (Å²) in [4.78, 5) is 11.9. The van der Waals surface area contributed by atoms with E-state index in [4.69, 9.17) is 10.5 Å². The Morgan fingerprint density at radius 1 is 1.38 bits per heavy atom. The van der Waals surface area contributed by atoms with E-state index in [1.54, 1.807) is 6.07 Å². The van der Waals surface area contributed by atoms with Crippen molar-refractivity contribution in [3.8, 4) is 0 Å². The lowest BCUT2D eigenvalue weighted by Crippen LogP contribution is -2.30. The Bertz CT molecular complexity index is 482. The van der Waals surface area contributed by atoms with Crippen LogP contribution < -0.4 is 11.1 Å². The lowest BCUT2D eigenvalue weighted by atomic mass is 9.82. The molecule has 2 rings (SSSR count). The number of nitrogens with one attached hydrogen (secondary N) is 1. The van der Waals surface area contributed by atoms with E-state index < -0.39 is 0 Å². The van der Waals surface area contributed by atoms with Crippen LogP contribution in [0.1, 0.15) is 55.8 Å². The smallest absolute Gasteiger partial charge is 0.340 e. The van der Waals surface area contributed by atoms with Crippen LogP contribution in [0.4, 0.5) is 11.4 Å². The summed E-state index contributed by atoms with van der Waals surface area (Å²) < 4.78 is 4.86. The maximum atomic E-state index is 11.9. The van der Waals surface area contributed by atoms with Crippen molar-refractivity contribution in [1.29, 1.82) is 0 Å². The number of nitrogen functional groups attached to an aromatic ring is 1. The molecule has 0 saturated heterocycles. The Morgan fingerprint density at radius 3 is 2.71 bits per heavy atom. The zero-order chi connectivity index (χ0) is 15.2. The molecule has 116 valence electrons. The highest BCUT2D eigenvalue weighted by molar-refractivity contribution is 5.96. The zero-order valence-corrected chi connectivity index (χ0v) is 13.0. The van der Waals surface area contributed by atoms with Crippen molar-refractivity contribution in [2.24, 2.45) is 5.92 Å². The second-order valence-corrected chi connectivity index (χ2v) is 5.85. The van der Waals surface area contributed by atoms with Gasteiger partial charge in [0.25, 0.3) is 0 Å². The molecule has 1 fully saturated rings. The Morgan fingerprint density at radius 2 is 2.10 bits per heavy atom. The van der Waals surface area contributed by atoms with Crippen molar-refractivity contribution in [2.75, 3.05) is 18.2 Å². The Labute approximate surface area is 127 Å². The van der Waals surface area contributed by atoms with E-state index in [1.807, 2.05) is 12.1 Å². The molecule has 0 radical (unpaired) electrons. The van der Waals surface area contributed by atoms with Crippen molar-refractivity contribution in [3.63, 3.8) is 0 Å². The third-order valence-corrected chi connectivity index (χ3v) is 4.45. The number of carbonyl (C=O) groups excluding carboxylic acids is 1. The minimum atomic E-state index is -0.344. The average molecular weight is 290 g/mol. The number of ether oxygens (including phenoxy) is 1. The quantitative estimate of drug-likeness (QED) is 0.639. The van der Waals surface area contributed by atoms with Gasteiger partial charge in [0.15, 0.2) is 0 Å². The van der Waals surface area contributed by atoms with Gasteiger partial charge >= 0.3 is 5.97 Å². The summed E-state index contributed by atoms with van der Waals surface area (Å²) in [7, 11) is 1.40. The lowest BCUT2D eigenvalue weighted by Gasteiger charge is -2.31. The molecule has 0 spiro atoms. The second-order valence-electron chi connectivity index (χ2n) is 5.85. The highest BCUT2D eigenvalue weighted by atomic mass is 16.5. The number of methoxy groups -OCH3 is 1. The molecule has 4 nitrogen and oxygen atoms in total. The first-order valence-electron chi connectivity index (χ1n) is 7.90. The van der Waals surface area contributed by atoms with Crippen molar-refractivity contribution < 1.29 is 9.53 Å². The minimum Gasteiger partial charge on any atom is -0.465 e. The molecule has 0 aromatic heterocycles. The molecular formula is C17H26N2O2. The molecule has 1 aromatic rings. The predicted octanol–water partition coefficient (Wildman–Crippen LogP) is 3.83. The van der Waals surface area contributed by atoms with E-state index in [0.29, 0.717) is 23.2 Å². The summed E-state index contributed by atoms with van der Waals surface area (Å²) in [5, 5.41) is 3.55. The van der Waals surface area contributed by atoms with Crippen molar-refractivity contribution in [2.45, 2.75) is 51.5 Å². The van der Waals surface area contributed by atoms with Gasteiger partial charge in [-0.2, -0.15) is 0 Å². The van der Waals surface area contributed by atoms with Gasteiger partial charge in [0.2, 0.25) is 0 Å². The third kappa shape index (κ3) is 3.90. The predicted molar refractivity (Wildman–Crippen MR) is 86.5 cm³/mol. The van der Waals surface area contributed by atoms with Crippen molar-refractivity contribution in [3.05, 3.63) is 23.8 Å². The van der Waals surface area contributed by atoms with Gasteiger partial charge in [0.1, 0.15) is 0 Å². The molecule has 0 amide bonds. The van der Waals surface area contributed by atoms with Gasteiger partial charge in [-0.15, -0.1) is 0 Å². The van der Waals surface area contributed by atoms with E-state index in [9.17, 15) is 4.79 Å². The van der Waals surface area contributed by atoms with E-state index in [0.717, 1.165) is 12.1 Å². The van der Waals surface area contributed by atoms with E-state index >= 15 is 0 Å². The van der Waals surface area contributed by atoms with Crippen LogP contribution in [-0.4, -0.2) is 19.1 Å². The van der Waals surface area contributed by atoms with Crippen LogP contribution >= 0.6 is 0 Å². The van der Waals surface area contributed by atoms with Gasteiger partial charge in [-0.25, -0.2) is 4.79 Å². The first-order valence-corrected chi connectivity index (χ1v) is 7.90. The van der Waals surface area contributed by atoms with Crippen LogP contribution in [0.2, 0.25) is 0 Å². The van der Waals surface area contributed by atoms with Crippen LogP contribution in [0.15, 0.2) is 18.2 Å². The molecule has 0 aliphatic heterocycles. The van der Waals surface area contributed by atoms with Crippen LogP contribution in [0.5, 0.6) is 0 Å². The molecule has 1 unspecified atom stereocenters. The summed E-state index contributed by atoms with van der Waals surface area (Å²) >= 11 is 0. The fourth-order valence-electron chi connectivity index (χ4n) is 3.26. The Kier molecular flexibility index (Phi) is 5.48. The maximum absolute atomic E-state index is 11.9. The summed E-state index contributed by atoms with van der Waals surface area (Å²) in [5.41, 5.74) is 7.71. The summed E-state index contributed by atoms with van der Waals surface area (Å²) in [5.74, 6) is 0.343. The number of hydrogen-bond donors (Lipinski definition) is 2. The molecule has 4 heteroatoms. The second kappa shape index (κ2) is 7.34. The molecule has 1 aliphatic rings. The summed E-state index contributed by atoms with van der Waals surface area (Å²) in [6.45, 7) is 2.20. The number of hydrogen-bond acceptors (Lipinski definition) is 4.